The van der Waals surface area contributed by atoms with Crippen molar-refractivity contribution in [3.05, 3.63) is 35.4 Å². The first kappa shape index (κ1) is 21.5. The quantitative estimate of drug-likeness (QED) is 0.442. The molecule has 0 spiro atoms. The van der Waals surface area contributed by atoms with Crippen LogP contribution in [0.25, 0.3) is 6.08 Å². The summed E-state index contributed by atoms with van der Waals surface area (Å²) < 4.78 is 10.4. The highest BCUT2D eigenvalue weighted by atomic mass is 16.5. The highest BCUT2D eigenvalue weighted by Crippen LogP contribution is 2.29. The number of carbonyl (C=O) groups excluding carboxylic acids is 2. The lowest BCUT2D eigenvalue weighted by Gasteiger charge is -2.34. The van der Waals surface area contributed by atoms with Gasteiger partial charge >= 0.3 is 5.97 Å². The van der Waals surface area contributed by atoms with Crippen LogP contribution in [0.2, 0.25) is 0 Å². The van der Waals surface area contributed by atoms with Crippen LogP contribution in [0, 0.1) is 23.2 Å². The van der Waals surface area contributed by atoms with Crippen LogP contribution in [-0.2, 0) is 14.3 Å². The molecule has 3 atom stereocenters. The number of nitriles is 1. The van der Waals surface area contributed by atoms with Gasteiger partial charge in [0.15, 0.2) is 6.61 Å². The first-order chi connectivity index (χ1) is 13.4. The summed E-state index contributed by atoms with van der Waals surface area (Å²) in [5, 5.41) is 12.2. The molecule has 0 radical (unpaired) electrons. The molecule has 0 saturated heterocycles. The maximum absolute atomic E-state index is 12.1. The Morgan fingerprint density at radius 3 is 2.61 bits per heavy atom. The van der Waals surface area contributed by atoms with Gasteiger partial charge < -0.3 is 14.8 Å². The third kappa shape index (κ3) is 6.12. The maximum Gasteiger partial charge on any atom is 0.349 e. The van der Waals surface area contributed by atoms with Gasteiger partial charge in [0.05, 0.1) is 6.61 Å². The standard InChI is InChI=1S/C22H28N2O4/c1-4-27-19-10-8-17(9-11-19)12-18(13-23)22(26)28-14-21(25)24-20-7-5-6-15(2)16(20)3/h8-12,15-16,20H,4-7,14H2,1-3H3,(H,24,25)/b18-12+/t15-,16-,20+/m0/s1. The Morgan fingerprint density at radius 2 is 1.96 bits per heavy atom. The molecule has 28 heavy (non-hydrogen) atoms. The van der Waals surface area contributed by atoms with Gasteiger partial charge in [0.25, 0.3) is 5.91 Å². The summed E-state index contributed by atoms with van der Waals surface area (Å²) in [6, 6.07) is 8.94. The van der Waals surface area contributed by atoms with Crippen LogP contribution in [0.1, 0.15) is 45.6 Å². The van der Waals surface area contributed by atoms with Crippen LogP contribution >= 0.6 is 0 Å². The normalized spacial score (nSPS) is 22.1. The van der Waals surface area contributed by atoms with E-state index in [4.69, 9.17) is 9.47 Å². The number of carbonyl (C=O) groups is 2. The zero-order valence-corrected chi connectivity index (χ0v) is 16.7. The zero-order valence-electron chi connectivity index (χ0n) is 16.7. The number of hydrogen-bond acceptors (Lipinski definition) is 5. The predicted molar refractivity (Wildman–Crippen MR) is 106 cm³/mol. The fraction of sp³-hybridized carbons (Fsp3) is 0.500. The Hall–Kier alpha value is -2.81. The SMILES string of the molecule is CCOc1ccc(/C=C(\C#N)C(=O)OCC(=O)N[C@@H]2CCC[C@H](C)[C@@H]2C)cc1. The Labute approximate surface area is 166 Å². The third-order valence-corrected chi connectivity index (χ3v) is 5.23. The molecule has 0 heterocycles. The molecule has 1 aliphatic carbocycles. The number of nitrogens with zero attached hydrogens (tertiary/aromatic N) is 1. The summed E-state index contributed by atoms with van der Waals surface area (Å²) in [5.74, 6) is 0.518. The molecule has 1 saturated carbocycles. The molecule has 1 aromatic rings. The van der Waals surface area contributed by atoms with Crippen molar-refractivity contribution in [1.82, 2.24) is 5.32 Å². The number of nitrogens with one attached hydrogen (secondary N) is 1. The second kappa shape index (κ2) is 10.5. The van der Waals surface area contributed by atoms with Crippen molar-refractivity contribution in [3.63, 3.8) is 0 Å². The van der Waals surface area contributed by atoms with E-state index in [0.717, 1.165) is 12.8 Å². The molecule has 2 rings (SSSR count). The van der Waals surface area contributed by atoms with E-state index < -0.39 is 12.6 Å². The largest absolute Gasteiger partial charge is 0.494 e. The molecule has 0 aliphatic heterocycles. The minimum Gasteiger partial charge on any atom is -0.494 e. The van der Waals surface area contributed by atoms with E-state index in [1.54, 1.807) is 24.3 Å². The van der Waals surface area contributed by atoms with Crippen molar-refractivity contribution in [2.24, 2.45) is 11.8 Å². The predicted octanol–water partition coefficient (Wildman–Crippen LogP) is 3.48. The number of rotatable bonds is 7. The summed E-state index contributed by atoms with van der Waals surface area (Å²) in [5.41, 5.74) is 0.517. The number of benzene rings is 1. The van der Waals surface area contributed by atoms with Crippen LogP contribution in [0.15, 0.2) is 29.8 Å². The van der Waals surface area contributed by atoms with Crippen LogP contribution < -0.4 is 10.1 Å². The Bertz CT molecular complexity index is 749. The molecule has 0 aromatic heterocycles. The van der Waals surface area contributed by atoms with Gasteiger partial charge in [-0.1, -0.05) is 38.8 Å². The van der Waals surface area contributed by atoms with Crippen molar-refractivity contribution in [1.29, 1.82) is 5.26 Å². The topological polar surface area (TPSA) is 88.4 Å². The monoisotopic (exact) mass is 384 g/mol. The van der Waals surface area contributed by atoms with Crippen molar-refractivity contribution < 1.29 is 19.1 Å². The summed E-state index contributed by atoms with van der Waals surface area (Å²) in [4.78, 5) is 24.3. The summed E-state index contributed by atoms with van der Waals surface area (Å²) in [6.45, 7) is 6.38. The smallest absolute Gasteiger partial charge is 0.349 e. The molecule has 6 heteroatoms. The summed E-state index contributed by atoms with van der Waals surface area (Å²) >= 11 is 0. The number of amides is 1. The van der Waals surface area contributed by atoms with Gasteiger partial charge in [-0.3, -0.25) is 4.79 Å². The molecule has 6 nitrogen and oxygen atoms in total. The minimum absolute atomic E-state index is 0.102. The van der Waals surface area contributed by atoms with Gasteiger partial charge in [-0.2, -0.15) is 5.26 Å². The van der Waals surface area contributed by atoms with Gasteiger partial charge in [-0.25, -0.2) is 4.79 Å². The molecule has 150 valence electrons. The second-order valence-electron chi connectivity index (χ2n) is 7.19. The number of hydrogen-bond donors (Lipinski definition) is 1. The first-order valence-corrected chi connectivity index (χ1v) is 9.75. The molecule has 1 aliphatic rings. The molecule has 1 amide bonds. The van der Waals surface area contributed by atoms with E-state index in [1.807, 2.05) is 13.0 Å². The van der Waals surface area contributed by atoms with Gasteiger partial charge in [0, 0.05) is 6.04 Å². The lowest BCUT2D eigenvalue weighted by molar-refractivity contribution is -0.144. The zero-order chi connectivity index (χ0) is 20.5. The van der Waals surface area contributed by atoms with E-state index in [-0.39, 0.29) is 17.5 Å². The van der Waals surface area contributed by atoms with Crippen LogP contribution in [0.4, 0.5) is 0 Å². The fourth-order valence-corrected chi connectivity index (χ4v) is 3.37. The lowest BCUT2D eigenvalue weighted by atomic mass is 9.78. The average Bonchev–Trinajstić information content (AvgIpc) is 2.69. The third-order valence-electron chi connectivity index (χ3n) is 5.23. The van der Waals surface area contributed by atoms with E-state index in [1.165, 1.54) is 12.5 Å². The molecule has 1 N–H and O–H groups in total. The van der Waals surface area contributed by atoms with Crippen molar-refractivity contribution in [2.45, 2.75) is 46.1 Å². The molecular weight excluding hydrogens is 356 g/mol. The van der Waals surface area contributed by atoms with Crippen LogP contribution in [0.5, 0.6) is 5.75 Å². The number of ether oxygens (including phenoxy) is 2. The molecule has 1 fully saturated rings. The number of esters is 1. The van der Waals surface area contributed by atoms with Gasteiger partial charge in [-0.05, 0) is 49.0 Å². The lowest BCUT2D eigenvalue weighted by Crippen LogP contribution is -2.45. The Balaban J connectivity index is 1.89. The van der Waals surface area contributed by atoms with Gasteiger partial charge in [-0.15, -0.1) is 0 Å². The molecule has 0 bridgehead atoms. The van der Waals surface area contributed by atoms with Gasteiger partial charge in [0.2, 0.25) is 0 Å². The first-order valence-electron chi connectivity index (χ1n) is 9.75. The van der Waals surface area contributed by atoms with Crippen LogP contribution in [0.3, 0.4) is 0 Å². The van der Waals surface area contributed by atoms with Gasteiger partial charge in [0.1, 0.15) is 17.4 Å². The van der Waals surface area contributed by atoms with Crippen LogP contribution in [-0.4, -0.2) is 31.1 Å². The summed E-state index contributed by atoms with van der Waals surface area (Å²) in [7, 11) is 0. The van der Waals surface area contributed by atoms with E-state index in [0.29, 0.717) is 29.8 Å². The minimum atomic E-state index is -0.809. The highest BCUT2D eigenvalue weighted by Gasteiger charge is 2.28. The Kier molecular flexibility index (Phi) is 8.06. The average molecular weight is 384 g/mol. The highest BCUT2D eigenvalue weighted by molar-refractivity contribution is 5.98. The second-order valence-corrected chi connectivity index (χ2v) is 7.19. The van der Waals surface area contributed by atoms with Crippen molar-refractivity contribution in [2.75, 3.05) is 13.2 Å². The molecule has 0 unspecified atom stereocenters. The van der Waals surface area contributed by atoms with E-state index in [9.17, 15) is 14.9 Å². The summed E-state index contributed by atoms with van der Waals surface area (Å²) in [6.07, 6.45) is 4.62. The molecular formula is C22H28N2O4. The molecule has 1 aromatic carbocycles. The van der Waals surface area contributed by atoms with E-state index >= 15 is 0 Å². The van der Waals surface area contributed by atoms with Crippen molar-refractivity contribution >= 4 is 18.0 Å². The van der Waals surface area contributed by atoms with Crippen molar-refractivity contribution in [3.8, 4) is 11.8 Å². The maximum atomic E-state index is 12.1. The fourth-order valence-electron chi connectivity index (χ4n) is 3.37. The van der Waals surface area contributed by atoms with E-state index in [2.05, 4.69) is 19.2 Å². The Morgan fingerprint density at radius 1 is 1.25 bits per heavy atom.